The highest BCUT2D eigenvalue weighted by molar-refractivity contribution is 5.74. The SMILES string of the molecule is CCCc1cc(-c2nc(-c3ccc(F)c(CC)c3)no2)ccc1-c1ccccc1C. The summed E-state index contributed by atoms with van der Waals surface area (Å²) in [4.78, 5) is 4.58. The first kappa shape index (κ1) is 20.0. The van der Waals surface area contributed by atoms with Gasteiger partial charge in [-0.2, -0.15) is 4.98 Å². The molecule has 4 aromatic rings. The maximum Gasteiger partial charge on any atom is 0.258 e. The first-order chi connectivity index (χ1) is 14.6. The van der Waals surface area contributed by atoms with Gasteiger partial charge in [-0.1, -0.05) is 55.8 Å². The molecule has 0 amide bonds. The first-order valence-electron chi connectivity index (χ1n) is 10.4. The molecule has 0 unspecified atom stereocenters. The number of rotatable bonds is 6. The van der Waals surface area contributed by atoms with E-state index in [1.165, 1.54) is 28.3 Å². The Balaban J connectivity index is 1.72. The van der Waals surface area contributed by atoms with Gasteiger partial charge >= 0.3 is 0 Å². The Bertz CT molecular complexity index is 1180. The second-order valence-electron chi connectivity index (χ2n) is 7.52. The summed E-state index contributed by atoms with van der Waals surface area (Å²) in [5.74, 6) is 0.738. The number of aryl methyl sites for hydroxylation is 3. The van der Waals surface area contributed by atoms with Crippen molar-refractivity contribution in [1.29, 1.82) is 0 Å². The summed E-state index contributed by atoms with van der Waals surface area (Å²) < 4.78 is 19.4. The van der Waals surface area contributed by atoms with Crippen LogP contribution in [0, 0.1) is 12.7 Å². The summed E-state index contributed by atoms with van der Waals surface area (Å²) in [6, 6.07) is 19.7. The lowest BCUT2D eigenvalue weighted by atomic mass is 9.92. The van der Waals surface area contributed by atoms with E-state index in [1.54, 1.807) is 12.1 Å². The maximum atomic E-state index is 13.8. The number of halogens is 1. The van der Waals surface area contributed by atoms with Crippen LogP contribution in [0.5, 0.6) is 0 Å². The largest absolute Gasteiger partial charge is 0.334 e. The molecule has 0 aliphatic rings. The van der Waals surface area contributed by atoms with Crippen molar-refractivity contribution in [3.8, 4) is 34.0 Å². The van der Waals surface area contributed by atoms with Crippen molar-refractivity contribution in [1.82, 2.24) is 10.1 Å². The molecule has 3 nitrogen and oxygen atoms in total. The summed E-state index contributed by atoms with van der Waals surface area (Å²) >= 11 is 0. The van der Waals surface area contributed by atoms with Crippen molar-refractivity contribution >= 4 is 0 Å². The average molecular weight is 400 g/mol. The molecular weight excluding hydrogens is 375 g/mol. The Labute approximate surface area is 176 Å². The van der Waals surface area contributed by atoms with E-state index in [1.807, 2.05) is 13.0 Å². The van der Waals surface area contributed by atoms with Gasteiger partial charge in [0.15, 0.2) is 0 Å². The van der Waals surface area contributed by atoms with Crippen molar-refractivity contribution in [2.45, 2.75) is 40.0 Å². The van der Waals surface area contributed by atoms with E-state index >= 15 is 0 Å². The lowest BCUT2D eigenvalue weighted by Crippen LogP contribution is -1.93. The zero-order chi connectivity index (χ0) is 21.1. The molecule has 0 aliphatic carbocycles. The molecule has 0 bridgehead atoms. The van der Waals surface area contributed by atoms with E-state index in [-0.39, 0.29) is 5.82 Å². The number of aromatic nitrogens is 2. The van der Waals surface area contributed by atoms with E-state index in [0.29, 0.717) is 23.7 Å². The summed E-state index contributed by atoms with van der Waals surface area (Å²) in [5, 5.41) is 4.13. The second kappa shape index (κ2) is 8.62. The van der Waals surface area contributed by atoms with Gasteiger partial charge in [0, 0.05) is 11.1 Å². The van der Waals surface area contributed by atoms with E-state index in [0.717, 1.165) is 24.0 Å². The highest BCUT2D eigenvalue weighted by Crippen LogP contribution is 2.32. The molecule has 1 heterocycles. The van der Waals surface area contributed by atoms with Gasteiger partial charge in [-0.05, 0) is 77.9 Å². The van der Waals surface area contributed by atoms with Gasteiger partial charge in [0.1, 0.15) is 5.82 Å². The molecule has 1 aromatic heterocycles. The Kier molecular flexibility index (Phi) is 5.75. The minimum absolute atomic E-state index is 0.207. The highest BCUT2D eigenvalue weighted by atomic mass is 19.1. The molecule has 4 heteroatoms. The molecule has 0 saturated carbocycles. The minimum atomic E-state index is -0.207. The van der Waals surface area contributed by atoms with Gasteiger partial charge in [0.2, 0.25) is 5.82 Å². The molecule has 0 spiro atoms. The number of hydrogen-bond acceptors (Lipinski definition) is 3. The van der Waals surface area contributed by atoms with Crippen molar-refractivity contribution in [3.05, 3.63) is 83.2 Å². The van der Waals surface area contributed by atoms with Crippen LogP contribution in [-0.4, -0.2) is 10.1 Å². The third-order valence-corrected chi connectivity index (χ3v) is 5.42. The van der Waals surface area contributed by atoms with Crippen molar-refractivity contribution < 1.29 is 8.91 Å². The summed E-state index contributed by atoms with van der Waals surface area (Å²) in [5.41, 5.74) is 7.30. The van der Waals surface area contributed by atoms with Gasteiger partial charge in [0.25, 0.3) is 5.89 Å². The van der Waals surface area contributed by atoms with E-state index < -0.39 is 0 Å². The van der Waals surface area contributed by atoms with Gasteiger partial charge in [-0.15, -0.1) is 0 Å². The predicted molar refractivity (Wildman–Crippen MR) is 119 cm³/mol. The lowest BCUT2D eigenvalue weighted by Gasteiger charge is -2.12. The quantitative estimate of drug-likeness (QED) is 0.349. The predicted octanol–water partition coefficient (Wildman–Crippen LogP) is 7.03. The number of hydrogen-bond donors (Lipinski definition) is 0. The molecule has 0 radical (unpaired) electrons. The first-order valence-corrected chi connectivity index (χ1v) is 10.4. The molecule has 0 saturated heterocycles. The molecule has 3 aromatic carbocycles. The fourth-order valence-corrected chi connectivity index (χ4v) is 3.78. The third-order valence-electron chi connectivity index (χ3n) is 5.42. The van der Waals surface area contributed by atoms with Crippen LogP contribution < -0.4 is 0 Å². The average Bonchev–Trinajstić information content (AvgIpc) is 3.25. The van der Waals surface area contributed by atoms with Crippen LogP contribution in [0.25, 0.3) is 34.0 Å². The van der Waals surface area contributed by atoms with E-state index in [9.17, 15) is 4.39 Å². The Hall–Kier alpha value is -3.27. The highest BCUT2D eigenvalue weighted by Gasteiger charge is 2.15. The van der Waals surface area contributed by atoms with Gasteiger partial charge in [-0.25, -0.2) is 4.39 Å². The minimum Gasteiger partial charge on any atom is -0.334 e. The smallest absolute Gasteiger partial charge is 0.258 e. The van der Waals surface area contributed by atoms with Crippen LogP contribution in [0.4, 0.5) is 4.39 Å². The molecule has 0 atom stereocenters. The Morgan fingerprint density at radius 3 is 2.40 bits per heavy atom. The fraction of sp³-hybridized carbons (Fsp3) is 0.231. The molecule has 152 valence electrons. The van der Waals surface area contributed by atoms with Gasteiger partial charge in [-0.3, -0.25) is 0 Å². The summed E-state index contributed by atoms with van der Waals surface area (Å²) in [7, 11) is 0. The second-order valence-corrected chi connectivity index (χ2v) is 7.52. The number of nitrogens with zero attached hydrogens (tertiary/aromatic N) is 2. The topological polar surface area (TPSA) is 38.9 Å². The summed E-state index contributed by atoms with van der Waals surface area (Å²) in [6.07, 6.45) is 2.63. The molecule has 4 rings (SSSR count). The Morgan fingerprint density at radius 2 is 1.63 bits per heavy atom. The number of benzene rings is 3. The molecule has 30 heavy (non-hydrogen) atoms. The monoisotopic (exact) mass is 400 g/mol. The fourth-order valence-electron chi connectivity index (χ4n) is 3.78. The van der Waals surface area contributed by atoms with Crippen molar-refractivity contribution in [2.75, 3.05) is 0 Å². The van der Waals surface area contributed by atoms with Crippen LogP contribution in [0.2, 0.25) is 0 Å². The van der Waals surface area contributed by atoms with Crippen LogP contribution in [0.15, 0.2) is 65.2 Å². The Morgan fingerprint density at radius 1 is 0.867 bits per heavy atom. The van der Waals surface area contributed by atoms with E-state index in [2.05, 4.69) is 60.4 Å². The molecular formula is C26H25FN2O. The van der Waals surface area contributed by atoms with Crippen LogP contribution in [-0.2, 0) is 12.8 Å². The van der Waals surface area contributed by atoms with Crippen LogP contribution in [0.3, 0.4) is 0 Å². The zero-order valence-corrected chi connectivity index (χ0v) is 17.6. The molecule has 0 aliphatic heterocycles. The summed E-state index contributed by atoms with van der Waals surface area (Å²) in [6.45, 7) is 6.24. The van der Waals surface area contributed by atoms with E-state index in [4.69, 9.17) is 4.52 Å². The molecule has 0 N–H and O–H groups in total. The van der Waals surface area contributed by atoms with Gasteiger partial charge < -0.3 is 4.52 Å². The maximum absolute atomic E-state index is 13.8. The van der Waals surface area contributed by atoms with Crippen LogP contribution in [0.1, 0.15) is 37.0 Å². The van der Waals surface area contributed by atoms with Crippen LogP contribution >= 0.6 is 0 Å². The molecule has 0 fully saturated rings. The van der Waals surface area contributed by atoms with Gasteiger partial charge in [0.05, 0.1) is 0 Å². The lowest BCUT2D eigenvalue weighted by molar-refractivity contribution is 0.432. The van der Waals surface area contributed by atoms with Crippen molar-refractivity contribution in [3.63, 3.8) is 0 Å². The standard InChI is InChI=1S/C26H25FN2O/c1-4-8-19-16-21(11-13-23(19)22-10-7-6-9-17(22)3)26-28-25(29-30-26)20-12-14-24(27)18(5-2)15-20/h6-7,9-16H,4-5,8H2,1-3H3. The normalized spacial score (nSPS) is 11.1. The zero-order valence-electron chi connectivity index (χ0n) is 17.6. The third kappa shape index (κ3) is 3.90. The van der Waals surface area contributed by atoms with Crippen molar-refractivity contribution in [2.24, 2.45) is 0 Å².